The van der Waals surface area contributed by atoms with E-state index < -0.39 is 0 Å². The van der Waals surface area contributed by atoms with Crippen molar-refractivity contribution in [3.05, 3.63) is 64.7 Å². The first-order valence-electron chi connectivity index (χ1n) is 8.06. The van der Waals surface area contributed by atoms with E-state index in [2.05, 4.69) is 10.5 Å². The smallest absolute Gasteiger partial charge is 0.166 e. The quantitative estimate of drug-likeness (QED) is 0.453. The summed E-state index contributed by atoms with van der Waals surface area (Å²) in [6, 6.07) is 14.4. The Labute approximate surface area is 156 Å². The molecular formula is C20H19ClN2O3. The van der Waals surface area contributed by atoms with Gasteiger partial charge in [-0.3, -0.25) is 0 Å². The molecule has 0 aliphatic rings. The minimum absolute atomic E-state index is 0.0383. The summed E-state index contributed by atoms with van der Waals surface area (Å²) in [5.41, 5.74) is 4.11. The second kappa shape index (κ2) is 7.54. The lowest BCUT2D eigenvalue weighted by molar-refractivity contribution is 0.373. The van der Waals surface area contributed by atoms with Crippen LogP contribution in [0, 0.1) is 0 Å². The first kappa shape index (κ1) is 17.9. The topological polar surface area (TPSA) is 74.1 Å². The van der Waals surface area contributed by atoms with E-state index in [0.717, 1.165) is 16.3 Å². The summed E-state index contributed by atoms with van der Waals surface area (Å²) < 4.78 is 5.07. The van der Waals surface area contributed by atoms with Crippen molar-refractivity contribution in [2.45, 2.75) is 13.0 Å². The molecule has 26 heavy (non-hydrogen) atoms. The molecule has 0 saturated heterocycles. The molecule has 1 atom stereocenters. The summed E-state index contributed by atoms with van der Waals surface area (Å²) in [6.45, 7) is 1.89. The molecule has 3 rings (SSSR count). The highest BCUT2D eigenvalue weighted by atomic mass is 35.5. The van der Waals surface area contributed by atoms with Gasteiger partial charge in [0.1, 0.15) is 5.75 Å². The zero-order chi connectivity index (χ0) is 18.7. The number of nitrogens with zero attached hydrogens (tertiary/aromatic N) is 1. The Morgan fingerprint density at radius 1 is 1.12 bits per heavy atom. The number of phenolic OH excluding ortho intramolecular Hbond substituents is 2. The Bertz CT molecular complexity index is 973. The third-order valence-electron chi connectivity index (χ3n) is 4.12. The normalized spacial score (nSPS) is 12.4. The van der Waals surface area contributed by atoms with Crippen LogP contribution in [0.2, 0.25) is 5.02 Å². The van der Waals surface area contributed by atoms with Crippen molar-refractivity contribution in [2.24, 2.45) is 5.10 Å². The molecule has 0 bridgehead atoms. The van der Waals surface area contributed by atoms with Gasteiger partial charge in [-0.15, -0.1) is 0 Å². The number of hydrogen-bond donors (Lipinski definition) is 3. The number of methoxy groups -OCH3 is 1. The highest BCUT2D eigenvalue weighted by molar-refractivity contribution is 6.31. The highest BCUT2D eigenvalue weighted by Crippen LogP contribution is 2.32. The summed E-state index contributed by atoms with van der Waals surface area (Å²) in [7, 11) is 1.45. The number of halogens is 1. The number of hydrazone groups is 1. The highest BCUT2D eigenvalue weighted by Gasteiger charge is 2.12. The molecule has 0 aliphatic carbocycles. The second-order valence-corrected chi connectivity index (χ2v) is 6.35. The Morgan fingerprint density at radius 3 is 2.50 bits per heavy atom. The number of aromatic hydroxyl groups is 2. The molecule has 0 aromatic heterocycles. The maximum absolute atomic E-state index is 10.3. The lowest BCUT2D eigenvalue weighted by atomic mass is 10.0. The number of phenols is 2. The SMILES string of the molecule is COc1cc(Cl)cc(/C=N/NC(C)c2cc3ccccc3cc2O)c1O. The zero-order valence-electron chi connectivity index (χ0n) is 14.4. The molecule has 0 radical (unpaired) electrons. The van der Waals surface area contributed by atoms with E-state index in [9.17, 15) is 10.2 Å². The minimum atomic E-state index is -0.237. The van der Waals surface area contributed by atoms with E-state index in [1.165, 1.54) is 19.4 Å². The van der Waals surface area contributed by atoms with Crippen LogP contribution in [0.25, 0.3) is 10.8 Å². The van der Waals surface area contributed by atoms with E-state index in [-0.39, 0.29) is 23.3 Å². The predicted octanol–water partition coefficient (Wildman–Crippen LogP) is 4.60. The van der Waals surface area contributed by atoms with Crippen molar-refractivity contribution in [1.82, 2.24) is 5.43 Å². The summed E-state index contributed by atoms with van der Waals surface area (Å²) in [6.07, 6.45) is 1.46. The molecule has 0 amide bonds. The van der Waals surface area contributed by atoms with Gasteiger partial charge in [-0.1, -0.05) is 35.9 Å². The second-order valence-electron chi connectivity index (χ2n) is 5.91. The van der Waals surface area contributed by atoms with Crippen LogP contribution in [0.1, 0.15) is 24.1 Å². The third kappa shape index (κ3) is 3.68. The number of rotatable bonds is 5. The van der Waals surface area contributed by atoms with Crippen LogP contribution in [-0.4, -0.2) is 23.5 Å². The molecular weight excluding hydrogens is 352 g/mol. The largest absolute Gasteiger partial charge is 0.508 e. The van der Waals surface area contributed by atoms with Crippen LogP contribution in [0.15, 0.2) is 53.6 Å². The number of nitrogens with one attached hydrogen (secondary N) is 1. The van der Waals surface area contributed by atoms with Gasteiger partial charge >= 0.3 is 0 Å². The lowest BCUT2D eigenvalue weighted by Crippen LogP contribution is -2.12. The summed E-state index contributed by atoms with van der Waals surface area (Å²) in [4.78, 5) is 0. The van der Waals surface area contributed by atoms with Gasteiger partial charge in [0.05, 0.1) is 19.4 Å². The van der Waals surface area contributed by atoms with Gasteiger partial charge in [-0.2, -0.15) is 5.10 Å². The van der Waals surface area contributed by atoms with E-state index in [1.54, 1.807) is 12.1 Å². The van der Waals surface area contributed by atoms with E-state index in [1.807, 2.05) is 37.3 Å². The third-order valence-corrected chi connectivity index (χ3v) is 4.34. The number of fused-ring (bicyclic) bond motifs is 1. The van der Waals surface area contributed by atoms with Gasteiger partial charge in [0.2, 0.25) is 0 Å². The van der Waals surface area contributed by atoms with Crippen molar-refractivity contribution < 1.29 is 14.9 Å². The van der Waals surface area contributed by atoms with Gasteiger partial charge in [-0.05, 0) is 35.9 Å². The molecule has 0 spiro atoms. The van der Waals surface area contributed by atoms with Crippen LogP contribution in [0.4, 0.5) is 0 Å². The fraction of sp³-hybridized carbons (Fsp3) is 0.150. The lowest BCUT2D eigenvalue weighted by Gasteiger charge is -2.14. The predicted molar refractivity (Wildman–Crippen MR) is 104 cm³/mol. The number of ether oxygens (including phenoxy) is 1. The van der Waals surface area contributed by atoms with Gasteiger partial charge in [0.25, 0.3) is 0 Å². The Balaban J connectivity index is 1.81. The average molecular weight is 371 g/mol. The van der Waals surface area contributed by atoms with Crippen LogP contribution < -0.4 is 10.2 Å². The van der Waals surface area contributed by atoms with Crippen LogP contribution in [-0.2, 0) is 0 Å². The van der Waals surface area contributed by atoms with E-state index >= 15 is 0 Å². The minimum Gasteiger partial charge on any atom is -0.508 e. The molecule has 3 aromatic rings. The first-order valence-corrected chi connectivity index (χ1v) is 8.44. The first-order chi connectivity index (χ1) is 12.5. The number of benzene rings is 3. The molecule has 0 aliphatic heterocycles. The summed E-state index contributed by atoms with van der Waals surface area (Å²) >= 11 is 6.01. The Morgan fingerprint density at radius 2 is 1.81 bits per heavy atom. The maximum Gasteiger partial charge on any atom is 0.166 e. The molecule has 3 aromatic carbocycles. The van der Waals surface area contributed by atoms with Crippen LogP contribution in [0.3, 0.4) is 0 Å². The van der Waals surface area contributed by atoms with Crippen LogP contribution >= 0.6 is 11.6 Å². The van der Waals surface area contributed by atoms with Crippen molar-refractivity contribution in [3.8, 4) is 17.2 Å². The zero-order valence-corrected chi connectivity index (χ0v) is 15.2. The van der Waals surface area contributed by atoms with Crippen molar-refractivity contribution in [3.63, 3.8) is 0 Å². The average Bonchev–Trinajstić information content (AvgIpc) is 2.63. The van der Waals surface area contributed by atoms with Crippen molar-refractivity contribution in [2.75, 3.05) is 7.11 Å². The molecule has 0 saturated carbocycles. The van der Waals surface area contributed by atoms with Crippen molar-refractivity contribution in [1.29, 1.82) is 0 Å². The maximum atomic E-state index is 10.3. The molecule has 5 nitrogen and oxygen atoms in total. The standard InChI is InChI=1S/C20H19ClN2O3/c1-12(17-8-13-5-3-4-6-14(13)9-18(17)24)23-22-11-15-7-16(21)10-19(26-2)20(15)25/h3-12,23-25H,1-2H3/b22-11+. The molecule has 0 heterocycles. The molecule has 1 unspecified atom stereocenters. The van der Waals surface area contributed by atoms with Gasteiger partial charge in [0.15, 0.2) is 11.5 Å². The summed E-state index contributed by atoms with van der Waals surface area (Å²) in [5.74, 6) is 0.439. The van der Waals surface area contributed by atoms with E-state index in [4.69, 9.17) is 16.3 Å². The van der Waals surface area contributed by atoms with Crippen LogP contribution in [0.5, 0.6) is 17.2 Å². The number of hydrogen-bond acceptors (Lipinski definition) is 5. The van der Waals surface area contributed by atoms with Gasteiger partial charge in [0, 0.05) is 22.2 Å². The Kier molecular flexibility index (Phi) is 5.19. The Hall–Kier alpha value is -2.92. The fourth-order valence-electron chi connectivity index (χ4n) is 2.73. The molecule has 0 fully saturated rings. The molecule has 6 heteroatoms. The molecule has 134 valence electrons. The monoisotopic (exact) mass is 370 g/mol. The van der Waals surface area contributed by atoms with Crippen molar-refractivity contribution >= 4 is 28.6 Å². The summed E-state index contributed by atoms with van der Waals surface area (Å²) in [5, 5.41) is 27.0. The van der Waals surface area contributed by atoms with Gasteiger partial charge < -0.3 is 20.4 Å². The van der Waals surface area contributed by atoms with E-state index in [0.29, 0.717) is 10.6 Å². The van der Waals surface area contributed by atoms with Gasteiger partial charge in [-0.25, -0.2) is 0 Å². The molecule has 3 N–H and O–H groups in total. The fourth-order valence-corrected chi connectivity index (χ4v) is 2.95.